The minimum atomic E-state index is 0.173. The molecule has 0 aliphatic rings. The van der Waals surface area contributed by atoms with Gasteiger partial charge in [0.25, 0.3) is 0 Å². The minimum absolute atomic E-state index is 0.173. The van der Waals surface area contributed by atoms with Crippen molar-refractivity contribution >= 4 is 0 Å². The molecule has 3 rings (SSSR count). The second-order valence-corrected chi connectivity index (χ2v) is 9.54. The van der Waals surface area contributed by atoms with E-state index in [0.717, 1.165) is 29.8 Å². The molecule has 3 aromatic rings. The zero-order valence-electron chi connectivity index (χ0n) is 24.1. The molecule has 0 radical (unpaired) electrons. The van der Waals surface area contributed by atoms with Crippen LogP contribution < -0.4 is 14.2 Å². The number of hydrogen-bond donors (Lipinski definition) is 1. The van der Waals surface area contributed by atoms with Gasteiger partial charge in [0.2, 0.25) is 5.75 Å². The standard InChI is InChI=1S/C22H38O3.C10H9N3O/c1-3-5-7-9-11-13-18-24-21-17-15-16-20(23)22(21)25-19-14-12-10-8-6-4-2;1-14-10-5-3-2-4-8(10)9-6-7-11-13-12-9/h15-17,23H,3-14,18-19H2,1-2H3;2-7H,1H3. The first kappa shape index (κ1) is 31.9. The number of phenols is 1. The van der Waals surface area contributed by atoms with E-state index in [9.17, 15) is 5.11 Å². The third kappa shape index (κ3) is 12.8. The molecule has 1 aromatic heterocycles. The number of aromatic hydroxyl groups is 1. The Balaban J connectivity index is 0.000000318. The van der Waals surface area contributed by atoms with E-state index in [1.807, 2.05) is 36.4 Å². The van der Waals surface area contributed by atoms with Crippen molar-refractivity contribution < 1.29 is 19.3 Å². The van der Waals surface area contributed by atoms with Crippen LogP contribution in [-0.4, -0.2) is 40.8 Å². The lowest BCUT2D eigenvalue weighted by atomic mass is 10.1. The van der Waals surface area contributed by atoms with Gasteiger partial charge in [0.1, 0.15) is 11.4 Å². The summed E-state index contributed by atoms with van der Waals surface area (Å²) in [5.41, 5.74) is 1.68. The SMILES string of the molecule is CCCCCCCCOc1cccc(O)c1OCCCCCCCC.COc1ccccc1-c1ccnnn1. The summed E-state index contributed by atoms with van der Waals surface area (Å²) < 4.78 is 16.9. The Morgan fingerprint density at radius 3 is 1.92 bits per heavy atom. The molecule has 1 heterocycles. The molecule has 0 unspecified atom stereocenters. The van der Waals surface area contributed by atoms with E-state index in [-0.39, 0.29) is 5.75 Å². The number of methoxy groups -OCH3 is 1. The molecule has 0 fully saturated rings. The van der Waals surface area contributed by atoms with Crippen LogP contribution in [0, 0.1) is 0 Å². The fourth-order valence-electron chi connectivity index (χ4n) is 4.13. The summed E-state index contributed by atoms with van der Waals surface area (Å²) in [6, 6.07) is 14.8. The van der Waals surface area contributed by atoms with Gasteiger partial charge in [-0.3, -0.25) is 0 Å². The lowest BCUT2D eigenvalue weighted by Gasteiger charge is -2.14. The van der Waals surface area contributed by atoms with Gasteiger partial charge in [0.15, 0.2) is 11.5 Å². The first-order valence-corrected chi connectivity index (χ1v) is 14.6. The molecule has 0 amide bonds. The number of hydrogen-bond acceptors (Lipinski definition) is 7. The molecular formula is C32H47N3O4. The van der Waals surface area contributed by atoms with Gasteiger partial charge < -0.3 is 19.3 Å². The minimum Gasteiger partial charge on any atom is -0.504 e. The molecule has 1 N–H and O–H groups in total. The molecule has 0 saturated carbocycles. The molecule has 39 heavy (non-hydrogen) atoms. The first-order chi connectivity index (χ1) is 19.2. The van der Waals surface area contributed by atoms with Gasteiger partial charge in [-0.1, -0.05) is 96.3 Å². The van der Waals surface area contributed by atoms with Gasteiger partial charge in [-0.05, 0) is 48.4 Å². The van der Waals surface area contributed by atoms with Gasteiger partial charge in [-0.2, -0.15) is 0 Å². The van der Waals surface area contributed by atoms with Crippen LogP contribution in [0.25, 0.3) is 11.3 Å². The van der Waals surface area contributed by atoms with Crippen LogP contribution in [0.3, 0.4) is 0 Å². The summed E-state index contributed by atoms with van der Waals surface area (Å²) >= 11 is 0. The van der Waals surface area contributed by atoms with E-state index < -0.39 is 0 Å². The number of benzene rings is 2. The van der Waals surface area contributed by atoms with Crippen molar-refractivity contribution in [2.24, 2.45) is 0 Å². The smallest absolute Gasteiger partial charge is 0.203 e. The Morgan fingerprint density at radius 1 is 0.667 bits per heavy atom. The van der Waals surface area contributed by atoms with Gasteiger partial charge >= 0.3 is 0 Å². The number of para-hydroxylation sites is 2. The lowest BCUT2D eigenvalue weighted by Crippen LogP contribution is -2.03. The van der Waals surface area contributed by atoms with Crippen molar-refractivity contribution in [1.29, 1.82) is 0 Å². The highest BCUT2D eigenvalue weighted by Crippen LogP contribution is 2.36. The Morgan fingerprint density at radius 2 is 1.28 bits per heavy atom. The second-order valence-electron chi connectivity index (χ2n) is 9.54. The van der Waals surface area contributed by atoms with Crippen LogP contribution >= 0.6 is 0 Å². The monoisotopic (exact) mass is 537 g/mol. The number of nitrogens with zero attached hydrogens (tertiary/aromatic N) is 3. The van der Waals surface area contributed by atoms with Crippen molar-refractivity contribution in [1.82, 2.24) is 15.4 Å². The highest BCUT2D eigenvalue weighted by Gasteiger charge is 2.10. The fraction of sp³-hybridized carbons (Fsp3) is 0.531. The van der Waals surface area contributed by atoms with Crippen LogP contribution in [0.15, 0.2) is 54.7 Å². The van der Waals surface area contributed by atoms with Crippen LogP contribution in [0.1, 0.15) is 90.9 Å². The maximum absolute atomic E-state index is 10.1. The largest absolute Gasteiger partial charge is 0.504 e. The van der Waals surface area contributed by atoms with Crippen molar-refractivity contribution in [2.75, 3.05) is 20.3 Å². The zero-order chi connectivity index (χ0) is 28.0. The second kappa shape index (κ2) is 20.6. The molecule has 0 bridgehead atoms. The Kier molecular flexibility index (Phi) is 16.8. The molecule has 0 aliphatic carbocycles. The van der Waals surface area contributed by atoms with E-state index in [2.05, 4.69) is 29.3 Å². The molecule has 0 atom stereocenters. The van der Waals surface area contributed by atoms with Gasteiger partial charge in [-0.25, -0.2) is 0 Å². The zero-order valence-corrected chi connectivity index (χ0v) is 24.1. The van der Waals surface area contributed by atoms with E-state index in [1.54, 1.807) is 25.4 Å². The van der Waals surface area contributed by atoms with Crippen LogP contribution in [0.2, 0.25) is 0 Å². The van der Waals surface area contributed by atoms with Crippen molar-refractivity contribution in [3.63, 3.8) is 0 Å². The highest BCUT2D eigenvalue weighted by molar-refractivity contribution is 5.66. The maximum atomic E-state index is 10.1. The van der Waals surface area contributed by atoms with Gasteiger partial charge in [0, 0.05) is 5.56 Å². The maximum Gasteiger partial charge on any atom is 0.203 e. The number of ether oxygens (including phenoxy) is 3. The highest BCUT2D eigenvalue weighted by atomic mass is 16.5. The average Bonchev–Trinajstić information content (AvgIpc) is 2.98. The number of phenolic OH excluding ortho intramolecular Hbond substituents is 1. The summed E-state index contributed by atoms with van der Waals surface area (Å²) in [5, 5.41) is 21.2. The van der Waals surface area contributed by atoms with Crippen molar-refractivity contribution in [2.45, 2.75) is 90.9 Å². The number of unbranched alkanes of at least 4 members (excludes halogenated alkanes) is 10. The lowest BCUT2D eigenvalue weighted by molar-refractivity contribution is 0.249. The molecule has 2 aromatic carbocycles. The van der Waals surface area contributed by atoms with E-state index in [0.29, 0.717) is 24.7 Å². The number of aromatic nitrogens is 3. The number of rotatable bonds is 18. The normalized spacial score (nSPS) is 10.4. The first-order valence-electron chi connectivity index (χ1n) is 14.6. The van der Waals surface area contributed by atoms with E-state index >= 15 is 0 Å². The third-order valence-electron chi connectivity index (χ3n) is 6.34. The molecule has 214 valence electrons. The van der Waals surface area contributed by atoms with E-state index in [1.165, 1.54) is 64.2 Å². The van der Waals surface area contributed by atoms with Gasteiger partial charge in [0.05, 0.1) is 26.5 Å². The summed E-state index contributed by atoms with van der Waals surface area (Å²) in [4.78, 5) is 0. The Labute approximate surface area is 234 Å². The molecule has 0 spiro atoms. The van der Waals surface area contributed by atoms with Crippen molar-refractivity contribution in [3.05, 3.63) is 54.7 Å². The molecule has 7 nitrogen and oxygen atoms in total. The summed E-state index contributed by atoms with van der Waals surface area (Å²) in [6.45, 7) is 5.78. The average molecular weight is 538 g/mol. The fourth-order valence-corrected chi connectivity index (χ4v) is 4.13. The summed E-state index contributed by atoms with van der Waals surface area (Å²) in [6.07, 6.45) is 16.4. The quantitative estimate of drug-likeness (QED) is 0.163. The Bertz CT molecular complexity index is 1020. The molecule has 7 heteroatoms. The molecule has 0 saturated heterocycles. The molecular weight excluding hydrogens is 490 g/mol. The van der Waals surface area contributed by atoms with E-state index in [4.69, 9.17) is 14.2 Å². The van der Waals surface area contributed by atoms with Gasteiger partial charge in [-0.15, -0.1) is 10.2 Å². The topological polar surface area (TPSA) is 86.6 Å². The predicted molar refractivity (Wildman–Crippen MR) is 158 cm³/mol. The molecule has 0 aliphatic heterocycles. The summed E-state index contributed by atoms with van der Waals surface area (Å²) in [5.74, 6) is 2.13. The predicted octanol–water partition coefficient (Wildman–Crippen LogP) is 8.42. The van der Waals surface area contributed by atoms with Crippen LogP contribution in [-0.2, 0) is 0 Å². The van der Waals surface area contributed by atoms with Crippen LogP contribution in [0.4, 0.5) is 0 Å². The van der Waals surface area contributed by atoms with Crippen LogP contribution in [0.5, 0.6) is 23.0 Å². The Hall–Kier alpha value is -3.35. The summed E-state index contributed by atoms with van der Waals surface area (Å²) in [7, 11) is 1.63. The third-order valence-corrected chi connectivity index (χ3v) is 6.34. The van der Waals surface area contributed by atoms with Crippen molar-refractivity contribution in [3.8, 4) is 34.3 Å².